The van der Waals surface area contributed by atoms with Crippen LogP contribution in [0.3, 0.4) is 0 Å². The van der Waals surface area contributed by atoms with Gasteiger partial charge in [0.15, 0.2) is 0 Å². The summed E-state index contributed by atoms with van der Waals surface area (Å²) in [4.78, 5) is 13.1. The molecule has 1 aromatic rings. The van der Waals surface area contributed by atoms with E-state index in [1.165, 1.54) is 6.07 Å². The van der Waals surface area contributed by atoms with Crippen molar-refractivity contribution in [2.75, 3.05) is 38.2 Å². The van der Waals surface area contributed by atoms with Gasteiger partial charge < -0.3 is 15.0 Å². The molecule has 1 heterocycles. The topological polar surface area (TPSA) is 41.6 Å². The lowest BCUT2D eigenvalue weighted by Gasteiger charge is -2.30. The van der Waals surface area contributed by atoms with E-state index in [1.54, 1.807) is 4.90 Å². The van der Waals surface area contributed by atoms with Crippen molar-refractivity contribution in [3.8, 4) is 0 Å². The Morgan fingerprint density at radius 3 is 2.56 bits per heavy atom. The monoisotopic (exact) mass is 256 g/mol. The Morgan fingerprint density at radius 2 is 1.94 bits per heavy atom. The molecule has 0 bridgehead atoms. The van der Waals surface area contributed by atoms with E-state index in [4.69, 9.17) is 0 Å². The molecule has 1 saturated heterocycles. The summed E-state index contributed by atoms with van der Waals surface area (Å²) in [6, 6.07) is 1.94. The number of anilines is 1. The molecule has 6 heteroatoms. The highest BCUT2D eigenvalue weighted by Gasteiger charge is 2.20. The van der Waals surface area contributed by atoms with Crippen LogP contribution in [0.4, 0.5) is 14.5 Å². The molecule has 1 N–H and O–H groups in total. The molecule has 0 spiro atoms. The Labute approximate surface area is 104 Å². The third-order valence-corrected chi connectivity index (χ3v) is 2.90. The van der Waals surface area contributed by atoms with Crippen LogP contribution in [0.2, 0.25) is 0 Å². The SMILES string of the molecule is COC(=O)c1cc(N2CCNCC2)c(F)cc1F. The molecular weight excluding hydrogens is 242 g/mol. The summed E-state index contributed by atoms with van der Waals surface area (Å²) in [5, 5.41) is 3.13. The van der Waals surface area contributed by atoms with Gasteiger partial charge in [0.25, 0.3) is 0 Å². The van der Waals surface area contributed by atoms with Crippen LogP contribution in [0, 0.1) is 11.6 Å². The van der Waals surface area contributed by atoms with Crippen molar-refractivity contribution in [3.05, 3.63) is 29.3 Å². The zero-order valence-corrected chi connectivity index (χ0v) is 10.0. The predicted molar refractivity (Wildman–Crippen MR) is 62.8 cm³/mol. The van der Waals surface area contributed by atoms with Crippen LogP contribution in [0.25, 0.3) is 0 Å². The van der Waals surface area contributed by atoms with E-state index in [9.17, 15) is 13.6 Å². The van der Waals surface area contributed by atoms with Gasteiger partial charge >= 0.3 is 5.97 Å². The maximum atomic E-state index is 13.7. The highest BCUT2D eigenvalue weighted by Crippen LogP contribution is 2.24. The average molecular weight is 256 g/mol. The summed E-state index contributed by atoms with van der Waals surface area (Å²) in [5.41, 5.74) is -0.00858. The molecule has 1 fully saturated rings. The predicted octanol–water partition coefficient (Wildman–Crippen LogP) is 1.16. The molecule has 0 aromatic heterocycles. The summed E-state index contributed by atoms with van der Waals surface area (Å²) in [5.74, 6) is -2.37. The van der Waals surface area contributed by atoms with Gasteiger partial charge in [-0.3, -0.25) is 0 Å². The van der Waals surface area contributed by atoms with E-state index in [0.29, 0.717) is 13.1 Å². The van der Waals surface area contributed by atoms with Crippen molar-refractivity contribution in [3.63, 3.8) is 0 Å². The van der Waals surface area contributed by atoms with Gasteiger partial charge in [-0.2, -0.15) is 0 Å². The number of ether oxygens (including phenoxy) is 1. The Balaban J connectivity index is 2.37. The number of hydrogen-bond donors (Lipinski definition) is 1. The van der Waals surface area contributed by atoms with Crippen molar-refractivity contribution >= 4 is 11.7 Å². The number of rotatable bonds is 2. The molecule has 1 aromatic carbocycles. The maximum absolute atomic E-state index is 13.7. The summed E-state index contributed by atoms with van der Waals surface area (Å²) in [6.07, 6.45) is 0. The summed E-state index contributed by atoms with van der Waals surface area (Å²) >= 11 is 0. The third kappa shape index (κ3) is 2.43. The number of hydrogen-bond acceptors (Lipinski definition) is 4. The normalized spacial score (nSPS) is 15.6. The fraction of sp³-hybridized carbons (Fsp3) is 0.417. The van der Waals surface area contributed by atoms with Crippen LogP contribution in [-0.2, 0) is 4.74 Å². The first-order valence-electron chi connectivity index (χ1n) is 5.66. The molecule has 1 aliphatic rings. The van der Waals surface area contributed by atoms with E-state index in [0.717, 1.165) is 26.3 Å². The Morgan fingerprint density at radius 1 is 1.28 bits per heavy atom. The van der Waals surface area contributed by atoms with E-state index < -0.39 is 17.6 Å². The van der Waals surface area contributed by atoms with E-state index in [-0.39, 0.29) is 11.3 Å². The van der Waals surface area contributed by atoms with E-state index >= 15 is 0 Å². The zero-order chi connectivity index (χ0) is 13.1. The van der Waals surface area contributed by atoms with Crippen LogP contribution >= 0.6 is 0 Å². The second-order valence-electron chi connectivity index (χ2n) is 4.01. The standard InChI is InChI=1S/C12H14F2N2O2/c1-18-12(17)8-6-11(10(14)7-9(8)13)16-4-2-15-3-5-16/h6-7,15H,2-5H2,1H3. The fourth-order valence-corrected chi connectivity index (χ4v) is 1.95. The van der Waals surface area contributed by atoms with Gasteiger partial charge in [-0.25, -0.2) is 13.6 Å². The van der Waals surface area contributed by atoms with Gasteiger partial charge in [-0.1, -0.05) is 0 Å². The lowest BCUT2D eigenvalue weighted by atomic mass is 10.1. The molecule has 0 saturated carbocycles. The number of esters is 1. The van der Waals surface area contributed by atoms with Gasteiger partial charge in [0.05, 0.1) is 18.4 Å². The number of carbonyl (C=O) groups is 1. The minimum absolute atomic E-state index is 0.235. The molecule has 1 aliphatic heterocycles. The molecule has 0 aliphatic carbocycles. The number of benzene rings is 1. The van der Waals surface area contributed by atoms with E-state index in [1.807, 2.05) is 0 Å². The highest BCUT2D eigenvalue weighted by atomic mass is 19.1. The molecular formula is C12H14F2N2O2. The lowest BCUT2D eigenvalue weighted by Crippen LogP contribution is -2.44. The van der Waals surface area contributed by atoms with Crippen LogP contribution < -0.4 is 10.2 Å². The van der Waals surface area contributed by atoms with E-state index in [2.05, 4.69) is 10.1 Å². The van der Waals surface area contributed by atoms with Crippen molar-refractivity contribution in [2.24, 2.45) is 0 Å². The number of carbonyl (C=O) groups excluding carboxylic acids is 1. The molecule has 4 nitrogen and oxygen atoms in total. The minimum atomic E-state index is -0.904. The Kier molecular flexibility index (Phi) is 3.76. The number of nitrogens with zero attached hydrogens (tertiary/aromatic N) is 1. The van der Waals surface area contributed by atoms with Crippen molar-refractivity contribution < 1.29 is 18.3 Å². The van der Waals surface area contributed by atoms with Crippen molar-refractivity contribution in [2.45, 2.75) is 0 Å². The zero-order valence-electron chi connectivity index (χ0n) is 10.0. The third-order valence-electron chi connectivity index (χ3n) is 2.90. The van der Waals surface area contributed by atoms with Gasteiger partial charge in [-0.05, 0) is 6.07 Å². The highest BCUT2D eigenvalue weighted by molar-refractivity contribution is 5.90. The Bertz CT molecular complexity index is 460. The lowest BCUT2D eigenvalue weighted by molar-refractivity contribution is 0.0595. The fourth-order valence-electron chi connectivity index (χ4n) is 1.95. The largest absolute Gasteiger partial charge is 0.465 e. The second kappa shape index (κ2) is 5.30. The van der Waals surface area contributed by atoms with Gasteiger partial charge in [-0.15, -0.1) is 0 Å². The summed E-state index contributed by atoms with van der Waals surface area (Å²) in [7, 11) is 1.16. The maximum Gasteiger partial charge on any atom is 0.340 e. The second-order valence-corrected chi connectivity index (χ2v) is 4.01. The number of methoxy groups -OCH3 is 1. The Hall–Kier alpha value is -1.69. The molecule has 0 unspecified atom stereocenters. The molecule has 0 amide bonds. The minimum Gasteiger partial charge on any atom is -0.465 e. The van der Waals surface area contributed by atoms with Gasteiger partial charge in [0.1, 0.15) is 11.6 Å². The quantitative estimate of drug-likeness (QED) is 0.806. The molecule has 18 heavy (non-hydrogen) atoms. The van der Waals surface area contributed by atoms with Gasteiger partial charge in [0, 0.05) is 32.2 Å². The first-order valence-corrected chi connectivity index (χ1v) is 5.66. The van der Waals surface area contributed by atoms with Crippen LogP contribution in [-0.4, -0.2) is 39.3 Å². The van der Waals surface area contributed by atoms with Gasteiger partial charge in [0.2, 0.25) is 0 Å². The summed E-state index contributed by atoms with van der Waals surface area (Å²) < 4.78 is 31.7. The average Bonchev–Trinajstić information content (AvgIpc) is 2.39. The number of nitrogens with one attached hydrogen (secondary N) is 1. The van der Waals surface area contributed by atoms with Crippen LogP contribution in [0.1, 0.15) is 10.4 Å². The van der Waals surface area contributed by atoms with Crippen LogP contribution in [0.5, 0.6) is 0 Å². The first kappa shape index (κ1) is 12.8. The molecule has 0 atom stereocenters. The number of piperazine rings is 1. The van der Waals surface area contributed by atoms with Crippen molar-refractivity contribution in [1.82, 2.24) is 5.32 Å². The smallest absolute Gasteiger partial charge is 0.340 e. The van der Waals surface area contributed by atoms with Crippen LogP contribution in [0.15, 0.2) is 12.1 Å². The first-order chi connectivity index (χ1) is 8.63. The molecule has 98 valence electrons. The number of halogens is 2. The molecule has 0 radical (unpaired) electrons. The van der Waals surface area contributed by atoms with Crippen molar-refractivity contribution in [1.29, 1.82) is 0 Å². The molecule has 2 rings (SSSR count). The summed E-state index contributed by atoms with van der Waals surface area (Å²) in [6.45, 7) is 2.68.